The van der Waals surface area contributed by atoms with Crippen LogP contribution in [0.1, 0.15) is 34.6 Å². The van der Waals surface area contributed by atoms with Crippen LogP contribution in [-0.4, -0.2) is 29.3 Å². The van der Waals surface area contributed by atoms with Crippen LogP contribution < -0.4 is 5.32 Å². The van der Waals surface area contributed by atoms with Gasteiger partial charge in [-0.3, -0.25) is 10.1 Å². The molecule has 0 radical (unpaired) electrons. The van der Waals surface area contributed by atoms with Gasteiger partial charge in [0.05, 0.1) is 5.88 Å². The van der Waals surface area contributed by atoms with Crippen LogP contribution in [0.25, 0.3) is 0 Å². The number of rotatable bonds is 3. The molecule has 5 nitrogen and oxygen atoms in total. The molecule has 0 rings (SSSR count). The topological polar surface area (TPSA) is 64.6 Å². The number of hydrogen-bond donors (Lipinski definition) is 1. The minimum atomic E-state index is -1.25. The fraction of sp³-hybridized carbons (Fsp3) is 0.800. The number of carbonyl (C=O) groups is 2. The fourth-order valence-electron chi connectivity index (χ4n) is 0.923. The molecule has 0 aromatic heterocycles. The van der Waals surface area contributed by atoms with E-state index < -0.39 is 23.4 Å². The molecule has 16 heavy (non-hydrogen) atoms. The summed E-state index contributed by atoms with van der Waals surface area (Å²) < 4.78 is 9.91. The average Bonchev–Trinajstić information content (AvgIpc) is 1.98. The lowest BCUT2D eigenvalue weighted by molar-refractivity contribution is -0.155. The Morgan fingerprint density at radius 1 is 1.19 bits per heavy atom. The zero-order valence-electron chi connectivity index (χ0n) is 10.2. The Balaban J connectivity index is 4.42. The van der Waals surface area contributed by atoms with E-state index in [0.717, 1.165) is 0 Å². The molecule has 0 aliphatic carbocycles. The molecular formula is C10H18ClNO4. The van der Waals surface area contributed by atoms with Crippen LogP contribution in [0.5, 0.6) is 0 Å². The quantitative estimate of drug-likeness (QED) is 0.474. The zero-order chi connectivity index (χ0) is 13.0. The standard InChI is InChI=1S/C10H18ClNO4/c1-7(13)15-10(5,6-11)12-8(14)16-9(2,3)4/h6H2,1-5H3,(H,12,14)/t10-/m0/s1. The van der Waals surface area contributed by atoms with Crippen molar-refractivity contribution in [2.45, 2.75) is 45.9 Å². The summed E-state index contributed by atoms with van der Waals surface area (Å²) in [7, 11) is 0. The molecule has 0 aromatic rings. The maximum Gasteiger partial charge on any atom is 0.410 e. The van der Waals surface area contributed by atoms with Crippen LogP contribution >= 0.6 is 11.6 Å². The Bertz CT molecular complexity index is 274. The van der Waals surface area contributed by atoms with E-state index in [2.05, 4.69) is 5.32 Å². The molecule has 1 atom stereocenters. The van der Waals surface area contributed by atoms with Crippen molar-refractivity contribution in [3.8, 4) is 0 Å². The van der Waals surface area contributed by atoms with Crippen molar-refractivity contribution in [1.29, 1.82) is 0 Å². The van der Waals surface area contributed by atoms with Gasteiger partial charge in [0.25, 0.3) is 0 Å². The predicted molar refractivity (Wildman–Crippen MR) is 60.3 cm³/mol. The Labute approximate surface area is 100 Å². The van der Waals surface area contributed by atoms with E-state index in [4.69, 9.17) is 21.1 Å². The number of halogens is 1. The molecule has 0 heterocycles. The van der Waals surface area contributed by atoms with Gasteiger partial charge in [0.1, 0.15) is 5.60 Å². The highest BCUT2D eigenvalue weighted by Crippen LogP contribution is 2.12. The minimum absolute atomic E-state index is 0.0637. The molecule has 0 spiro atoms. The number of ether oxygens (including phenoxy) is 2. The van der Waals surface area contributed by atoms with E-state index in [9.17, 15) is 9.59 Å². The number of nitrogens with one attached hydrogen (secondary N) is 1. The van der Waals surface area contributed by atoms with E-state index in [1.54, 1.807) is 20.8 Å². The van der Waals surface area contributed by atoms with E-state index >= 15 is 0 Å². The molecule has 0 saturated carbocycles. The van der Waals surface area contributed by atoms with Gasteiger partial charge in [0, 0.05) is 6.92 Å². The Hall–Kier alpha value is -0.970. The summed E-state index contributed by atoms with van der Waals surface area (Å²) in [6, 6.07) is 0. The fourth-order valence-corrected chi connectivity index (χ4v) is 1.04. The molecule has 1 N–H and O–H groups in total. The molecule has 1 amide bonds. The van der Waals surface area contributed by atoms with Gasteiger partial charge in [-0.2, -0.15) is 0 Å². The summed E-state index contributed by atoms with van der Waals surface area (Å²) in [4.78, 5) is 22.2. The summed E-state index contributed by atoms with van der Waals surface area (Å²) in [5.41, 5.74) is -1.87. The molecule has 0 saturated heterocycles. The van der Waals surface area contributed by atoms with Crippen LogP contribution in [0.4, 0.5) is 4.79 Å². The lowest BCUT2D eigenvalue weighted by Crippen LogP contribution is -2.52. The van der Waals surface area contributed by atoms with Gasteiger partial charge in [-0.15, -0.1) is 11.6 Å². The molecule has 0 bridgehead atoms. The smallest absolute Gasteiger partial charge is 0.410 e. The maximum absolute atomic E-state index is 11.4. The molecule has 94 valence electrons. The Morgan fingerprint density at radius 2 is 1.69 bits per heavy atom. The molecule has 0 aliphatic rings. The first kappa shape index (κ1) is 15.0. The monoisotopic (exact) mass is 251 g/mol. The highest BCUT2D eigenvalue weighted by atomic mass is 35.5. The summed E-state index contributed by atoms with van der Waals surface area (Å²) >= 11 is 5.62. The minimum Gasteiger partial charge on any atom is -0.444 e. The molecule has 6 heteroatoms. The largest absolute Gasteiger partial charge is 0.444 e. The highest BCUT2D eigenvalue weighted by molar-refractivity contribution is 6.18. The van der Waals surface area contributed by atoms with Crippen molar-refractivity contribution in [3.05, 3.63) is 0 Å². The normalized spacial score (nSPS) is 14.9. The Kier molecular flexibility index (Phi) is 5.06. The number of carbonyl (C=O) groups excluding carboxylic acids is 2. The van der Waals surface area contributed by atoms with Crippen molar-refractivity contribution >= 4 is 23.7 Å². The summed E-state index contributed by atoms with van der Waals surface area (Å²) in [6.45, 7) is 7.93. The van der Waals surface area contributed by atoms with E-state index in [1.807, 2.05) is 0 Å². The van der Waals surface area contributed by atoms with Crippen LogP contribution in [0, 0.1) is 0 Å². The van der Waals surface area contributed by atoms with Gasteiger partial charge < -0.3 is 9.47 Å². The van der Waals surface area contributed by atoms with E-state index in [0.29, 0.717) is 0 Å². The highest BCUT2D eigenvalue weighted by Gasteiger charge is 2.30. The number of alkyl carbamates (subject to hydrolysis) is 1. The van der Waals surface area contributed by atoms with Crippen LogP contribution in [0.15, 0.2) is 0 Å². The average molecular weight is 252 g/mol. The van der Waals surface area contributed by atoms with Crippen LogP contribution in [-0.2, 0) is 14.3 Å². The lowest BCUT2D eigenvalue weighted by Gasteiger charge is -2.29. The third-order valence-electron chi connectivity index (χ3n) is 1.39. The zero-order valence-corrected chi connectivity index (χ0v) is 11.0. The van der Waals surface area contributed by atoms with Crippen molar-refractivity contribution < 1.29 is 19.1 Å². The first-order chi connectivity index (χ1) is 7.08. The second-order valence-electron chi connectivity index (χ2n) is 4.59. The van der Waals surface area contributed by atoms with Crippen molar-refractivity contribution in [3.63, 3.8) is 0 Å². The van der Waals surface area contributed by atoms with Crippen molar-refractivity contribution in [1.82, 2.24) is 5.32 Å². The van der Waals surface area contributed by atoms with E-state index in [1.165, 1.54) is 13.8 Å². The molecule has 0 unspecified atom stereocenters. The number of esters is 1. The number of alkyl halides is 1. The summed E-state index contributed by atoms with van der Waals surface area (Å²) in [5.74, 6) is -0.592. The van der Waals surface area contributed by atoms with Gasteiger partial charge in [-0.1, -0.05) is 0 Å². The van der Waals surface area contributed by atoms with Gasteiger partial charge in [0.2, 0.25) is 0 Å². The van der Waals surface area contributed by atoms with Gasteiger partial charge >= 0.3 is 12.1 Å². The maximum atomic E-state index is 11.4. The molecule has 0 aliphatic heterocycles. The second-order valence-corrected chi connectivity index (χ2v) is 4.85. The van der Waals surface area contributed by atoms with Crippen molar-refractivity contribution in [2.75, 3.05) is 5.88 Å². The first-order valence-corrected chi connectivity index (χ1v) is 5.38. The van der Waals surface area contributed by atoms with Gasteiger partial charge in [0.15, 0.2) is 5.72 Å². The lowest BCUT2D eigenvalue weighted by atomic mass is 10.2. The second kappa shape index (κ2) is 5.39. The summed E-state index contributed by atoms with van der Waals surface area (Å²) in [5, 5.41) is 2.39. The molecular weight excluding hydrogens is 234 g/mol. The third-order valence-corrected chi connectivity index (χ3v) is 1.90. The van der Waals surface area contributed by atoms with Crippen LogP contribution in [0.2, 0.25) is 0 Å². The first-order valence-electron chi connectivity index (χ1n) is 4.85. The van der Waals surface area contributed by atoms with E-state index in [-0.39, 0.29) is 5.88 Å². The number of amides is 1. The van der Waals surface area contributed by atoms with Gasteiger partial charge in [-0.05, 0) is 27.7 Å². The Morgan fingerprint density at radius 3 is 2.00 bits per heavy atom. The molecule has 0 fully saturated rings. The van der Waals surface area contributed by atoms with Crippen molar-refractivity contribution in [2.24, 2.45) is 0 Å². The summed E-state index contributed by atoms with van der Waals surface area (Å²) in [6.07, 6.45) is -0.683. The third kappa shape index (κ3) is 6.50. The van der Waals surface area contributed by atoms with Gasteiger partial charge in [-0.25, -0.2) is 4.79 Å². The molecule has 0 aromatic carbocycles. The predicted octanol–water partition coefficient (Wildman–Crippen LogP) is 2.03. The number of hydrogen-bond acceptors (Lipinski definition) is 4. The SMILES string of the molecule is CC(=O)O[C@@](C)(CCl)NC(=O)OC(C)(C)C. The van der Waals surface area contributed by atoms with Crippen LogP contribution in [0.3, 0.4) is 0 Å².